The molecule has 5 heteroatoms. The summed E-state index contributed by atoms with van der Waals surface area (Å²) in [4.78, 5) is 37.3. The summed E-state index contributed by atoms with van der Waals surface area (Å²) in [5.74, 6) is -0.330. The molecule has 3 rings (SSSR count). The Labute approximate surface area is 112 Å². The lowest BCUT2D eigenvalue weighted by Gasteiger charge is -2.19. The fraction of sp³-hybridized carbons (Fsp3) is 0.786. The number of carbonyl (C=O) groups excluding carboxylic acids is 3. The molecule has 0 spiro atoms. The Morgan fingerprint density at radius 2 is 1.79 bits per heavy atom. The minimum atomic E-state index is -0.476. The summed E-state index contributed by atoms with van der Waals surface area (Å²) in [5, 5.41) is 0. The van der Waals surface area contributed by atoms with Crippen molar-refractivity contribution in [2.24, 2.45) is 23.7 Å². The number of carbonyl (C=O) groups is 3. The summed E-state index contributed by atoms with van der Waals surface area (Å²) in [6, 6.07) is 0. The fourth-order valence-electron chi connectivity index (χ4n) is 4.02. The molecular formula is C14H19NO4. The van der Waals surface area contributed by atoms with Gasteiger partial charge in [0.05, 0.1) is 18.4 Å². The lowest BCUT2D eigenvalue weighted by molar-refractivity contribution is -0.153. The van der Waals surface area contributed by atoms with E-state index in [0.29, 0.717) is 18.4 Å². The minimum absolute atomic E-state index is 0.143. The maximum atomic E-state index is 12.3. The molecule has 4 unspecified atom stereocenters. The Kier molecular flexibility index (Phi) is 3.07. The van der Waals surface area contributed by atoms with E-state index in [1.54, 1.807) is 0 Å². The van der Waals surface area contributed by atoms with Crippen LogP contribution < -0.4 is 0 Å². The van der Waals surface area contributed by atoms with Crippen LogP contribution in [0.5, 0.6) is 0 Å². The molecule has 0 aromatic rings. The maximum Gasteiger partial charge on any atom is 0.326 e. The topological polar surface area (TPSA) is 63.7 Å². The summed E-state index contributed by atoms with van der Waals surface area (Å²) in [6.07, 6.45) is 3.86. The Bertz CT molecular complexity index is 405. The van der Waals surface area contributed by atoms with Gasteiger partial charge in [0.1, 0.15) is 6.54 Å². The van der Waals surface area contributed by atoms with Crippen molar-refractivity contribution in [1.29, 1.82) is 0 Å². The fourth-order valence-corrected chi connectivity index (χ4v) is 4.02. The van der Waals surface area contributed by atoms with E-state index in [2.05, 4.69) is 0 Å². The molecule has 0 radical (unpaired) electrons. The molecule has 1 aliphatic heterocycles. The molecule has 19 heavy (non-hydrogen) atoms. The van der Waals surface area contributed by atoms with Crippen molar-refractivity contribution >= 4 is 17.8 Å². The molecule has 2 bridgehead atoms. The number of rotatable bonds is 4. The molecular weight excluding hydrogens is 246 g/mol. The maximum absolute atomic E-state index is 12.3. The van der Waals surface area contributed by atoms with Gasteiger partial charge in [-0.1, -0.05) is 6.92 Å². The molecule has 4 atom stereocenters. The van der Waals surface area contributed by atoms with E-state index < -0.39 is 5.97 Å². The van der Waals surface area contributed by atoms with Crippen molar-refractivity contribution in [3.8, 4) is 0 Å². The second-order valence-electron chi connectivity index (χ2n) is 5.87. The number of esters is 1. The number of amides is 2. The molecule has 2 aliphatic carbocycles. The second kappa shape index (κ2) is 4.62. The predicted octanol–water partition coefficient (Wildman–Crippen LogP) is 0.971. The van der Waals surface area contributed by atoms with E-state index in [4.69, 9.17) is 4.74 Å². The summed E-state index contributed by atoms with van der Waals surface area (Å²) >= 11 is 0. The van der Waals surface area contributed by atoms with Crippen LogP contribution in [0.25, 0.3) is 0 Å². The van der Waals surface area contributed by atoms with E-state index in [1.165, 1.54) is 0 Å². The van der Waals surface area contributed by atoms with Gasteiger partial charge in [-0.15, -0.1) is 0 Å². The number of hydrogen-bond donors (Lipinski definition) is 0. The van der Waals surface area contributed by atoms with Crippen LogP contribution in [0.2, 0.25) is 0 Å². The first kappa shape index (κ1) is 12.6. The lowest BCUT2D eigenvalue weighted by atomic mass is 9.81. The van der Waals surface area contributed by atoms with Gasteiger partial charge < -0.3 is 4.74 Å². The van der Waals surface area contributed by atoms with Crippen LogP contribution in [0.4, 0.5) is 0 Å². The highest BCUT2D eigenvalue weighted by Crippen LogP contribution is 2.55. The van der Waals surface area contributed by atoms with E-state index in [9.17, 15) is 14.4 Å². The second-order valence-corrected chi connectivity index (χ2v) is 5.87. The van der Waals surface area contributed by atoms with Crippen LogP contribution in [-0.4, -0.2) is 35.8 Å². The quantitative estimate of drug-likeness (QED) is 0.561. The first-order valence-electron chi connectivity index (χ1n) is 7.14. The van der Waals surface area contributed by atoms with Crippen molar-refractivity contribution in [2.75, 3.05) is 13.2 Å². The zero-order valence-corrected chi connectivity index (χ0v) is 11.1. The van der Waals surface area contributed by atoms with Gasteiger partial charge in [0.25, 0.3) is 0 Å². The predicted molar refractivity (Wildman–Crippen MR) is 65.8 cm³/mol. The standard InChI is InChI=1S/C14H19NO4/c1-2-5-19-10(16)7-15-13(17)11-8-3-4-9(6-8)12(11)14(15)18/h8-9,11-12H,2-7H2,1H3. The summed E-state index contributed by atoms with van der Waals surface area (Å²) in [7, 11) is 0. The van der Waals surface area contributed by atoms with Crippen molar-refractivity contribution in [1.82, 2.24) is 4.90 Å². The molecule has 0 aromatic heterocycles. The average Bonchev–Trinajstić information content (AvgIpc) is 3.06. The van der Waals surface area contributed by atoms with Gasteiger partial charge in [-0.3, -0.25) is 19.3 Å². The Morgan fingerprint density at radius 1 is 1.21 bits per heavy atom. The van der Waals surface area contributed by atoms with E-state index >= 15 is 0 Å². The monoisotopic (exact) mass is 265 g/mol. The molecule has 104 valence electrons. The van der Waals surface area contributed by atoms with Crippen LogP contribution in [0, 0.1) is 23.7 Å². The molecule has 0 aromatic carbocycles. The third-order valence-electron chi connectivity index (χ3n) is 4.77. The summed E-state index contributed by atoms with van der Waals surface area (Å²) < 4.78 is 4.96. The van der Waals surface area contributed by atoms with Crippen molar-refractivity contribution in [3.05, 3.63) is 0 Å². The van der Waals surface area contributed by atoms with Crippen LogP contribution in [-0.2, 0) is 19.1 Å². The summed E-state index contributed by atoms with van der Waals surface area (Å²) in [5.41, 5.74) is 0. The van der Waals surface area contributed by atoms with E-state index in [1.807, 2.05) is 6.92 Å². The molecule has 3 fully saturated rings. The number of hydrogen-bond acceptors (Lipinski definition) is 4. The number of nitrogens with zero attached hydrogens (tertiary/aromatic N) is 1. The third kappa shape index (κ3) is 1.86. The van der Waals surface area contributed by atoms with Crippen LogP contribution in [0.3, 0.4) is 0 Å². The van der Waals surface area contributed by atoms with Crippen LogP contribution in [0.15, 0.2) is 0 Å². The third-order valence-corrected chi connectivity index (χ3v) is 4.77. The van der Waals surface area contributed by atoms with E-state index in [-0.39, 0.29) is 30.2 Å². The van der Waals surface area contributed by atoms with Gasteiger partial charge in [0.2, 0.25) is 11.8 Å². The summed E-state index contributed by atoms with van der Waals surface area (Å²) in [6.45, 7) is 2.04. The number of likely N-dealkylation sites (tertiary alicyclic amines) is 1. The van der Waals surface area contributed by atoms with Crippen LogP contribution >= 0.6 is 0 Å². The van der Waals surface area contributed by atoms with E-state index in [0.717, 1.165) is 30.6 Å². The van der Waals surface area contributed by atoms with Gasteiger partial charge in [-0.05, 0) is 37.5 Å². The minimum Gasteiger partial charge on any atom is -0.464 e. The average molecular weight is 265 g/mol. The first-order valence-corrected chi connectivity index (χ1v) is 7.14. The van der Waals surface area contributed by atoms with Gasteiger partial charge in [0, 0.05) is 0 Å². The first-order chi connectivity index (χ1) is 9.13. The van der Waals surface area contributed by atoms with Crippen molar-refractivity contribution in [2.45, 2.75) is 32.6 Å². The van der Waals surface area contributed by atoms with Gasteiger partial charge in [-0.2, -0.15) is 0 Å². The Morgan fingerprint density at radius 3 is 2.32 bits per heavy atom. The SMILES string of the molecule is CCCOC(=O)CN1C(=O)C2C3CCC(C3)C2C1=O. The van der Waals surface area contributed by atoms with Gasteiger partial charge in [-0.25, -0.2) is 0 Å². The number of ether oxygens (including phenoxy) is 1. The highest BCUT2D eigenvalue weighted by Gasteiger charge is 2.61. The number of imide groups is 1. The lowest BCUT2D eigenvalue weighted by Crippen LogP contribution is -2.38. The van der Waals surface area contributed by atoms with Crippen molar-refractivity contribution < 1.29 is 19.1 Å². The smallest absolute Gasteiger partial charge is 0.326 e. The van der Waals surface area contributed by atoms with Gasteiger partial charge >= 0.3 is 5.97 Å². The van der Waals surface area contributed by atoms with Gasteiger partial charge in [0.15, 0.2) is 0 Å². The molecule has 1 heterocycles. The molecule has 5 nitrogen and oxygen atoms in total. The zero-order valence-electron chi connectivity index (χ0n) is 11.1. The molecule has 0 N–H and O–H groups in total. The molecule has 1 saturated heterocycles. The normalized spacial score (nSPS) is 35.9. The zero-order chi connectivity index (χ0) is 13.6. The highest BCUT2D eigenvalue weighted by atomic mass is 16.5. The molecule has 3 aliphatic rings. The number of fused-ring (bicyclic) bond motifs is 5. The van der Waals surface area contributed by atoms with Crippen molar-refractivity contribution in [3.63, 3.8) is 0 Å². The van der Waals surface area contributed by atoms with Crippen LogP contribution in [0.1, 0.15) is 32.6 Å². The largest absolute Gasteiger partial charge is 0.464 e. The molecule has 2 amide bonds. The molecule has 2 saturated carbocycles. The highest BCUT2D eigenvalue weighted by molar-refractivity contribution is 6.07. The Hall–Kier alpha value is -1.39. The Balaban J connectivity index is 1.69.